The van der Waals surface area contributed by atoms with Gasteiger partial charge in [-0.1, -0.05) is 133 Å². The maximum Gasteiger partial charge on any atom is 0.407 e. The van der Waals surface area contributed by atoms with Crippen molar-refractivity contribution >= 4 is 80.5 Å². The molecule has 18 nitrogen and oxygen atoms in total. The van der Waals surface area contributed by atoms with Crippen molar-refractivity contribution < 1.29 is 48.1 Å². The highest BCUT2D eigenvalue weighted by Crippen LogP contribution is 2.34. The van der Waals surface area contributed by atoms with E-state index in [0.29, 0.717) is 5.69 Å². The van der Waals surface area contributed by atoms with Gasteiger partial charge in [0.2, 0.25) is 11.8 Å². The number of benzene rings is 6. The van der Waals surface area contributed by atoms with Crippen LogP contribution in [0.15, 0.2) is 176 Å². The van der Waals surface area contributed by atoms with Gasteiger partial charge < -0.3 is 56.0 Å². The quantitative estimate of drug-likeness (QED) is 0.0223. The first-order valence-corrected chi connectivity index (χ1v) is 25.3. The topological polar surface area (TPSA) is 251 Å². The molecule has 6 aromatic carbocycles. The molecule has 2 atom stereocenters. The number of H-pyrrole nitrogens is 1. The third kappa shape index (κ3) is 14.7. The van der Waals surface area contributed by atoms with Gasteiger partial charge in [-0.15, -0.1) is 0 Å². The van der Waals surface area contributed by atoms with Gasteiger partial charge >= 0.3 is 18.2 Å². The van der Waals surface area contributed by atoms with E-state index in [4.69, 9.17) is 9.47 Å². The first kappa shape index (κ1) is 54.3. The predicted molar refractivity (Wildman–Crippen MR) is 296 cm³/mol. The zero-order valence-corrected chi connectivity index (χ0v) is 42.6. The summed E-state index contributed by atoms with van der Waals surface area (Å²) in [5.74, 6) is -3.69. The van der Waals surface area contributed by atoms with Gasteiger partial charge in [-0.25, -0.2) is 14.4 Å². The van der Waals surface area contributed by atoms with Gasteiger partial charge in [0.25, 0.3) is 11.8 Å². The van der Waals surface area contributed by atoms with Gasteiger partial charge in [-0.05, 0) is 73.2 Å². The largest absolute Gasteiger partial charge is 0.478 e. The first-order valence-electron chi connectivity index (χ1n) is 25.3. The maximum absolute atomic E-state index is 14.5. The van der Waals surface area contributed by atoms with Crippen LogP contribution in [0.5, 0.6) is 0 Å². The second-order valence-electron chi connectivity index (χ2n) is 18.2. The lowest BCUT2D eigenvalue weighted by Gasteiger charge is -2.22. The monoisotopic (exact) mass is 1050 g/mol. The number of carbonyl (C=O) groups excluding carboxylic acids is 6. The molecular formula is C60H58N8O10. The number of hydrogen-bond acceptors (Lipinski definition) is 9. The molecule has 8 aromatic rings. The summed E-state index contributed by atoms with van der Waals surface area (Å²) in [6.07, 6.45) is 0.270. The van der Waals surface area contributed by atoms with Crippen molar-refractivity contribution in [3.05, 3.63) is 210 Å². The van der Waals surface area contributed by atoms with Crippen LogP contribution in [0.4, 0.5) is 21.0 Å². The van der Waals surface area contributed by atoms with Crippen LogP contribution >= 0.6 is 0 Å². The molecule has 0 bridgehead atoms. The average Bonchev–Trinajstić information content (AvgIpc) is 4.06. The van der Waals surface area contributed by atoms with E-state index in [0.717, 1.165) is 39.0 Å². The molecule has 0 spiro atoms. The highest BCUT2D eigenvalue weighted by molar-refractivity contribution is 6.08. The Balaban J connectivity index is 1.00. The Morgan fingerprint density at radius 1 is 0.564 bits per heavy atom. The molecule has 0 saturated heterocycles. The van der Waals surface area contributed by atoms with Crippen LogP contribution < -0.4 is 31.9 Å². The number of aryl methyl sites for hydroxylation is 1. The fourth-order valence-corrected chi connectivity index (χ4v) is 8.77. The number of rotatable bonds is 23. The standard InChI is InChI=1S/C60H58N8O10/c1-68-52-31-15-9-23-42(52)35-53(68)58(74)67-50(30-17-33-62-60(76)78-38-40-20-6-3-7-21-40)56(72)65-48-28-14-11-25-44(48)45(36-54(69)70)43-24-10-13-27-47(43)64-55(71)49(66-57(73)51-34-41-22-8-12-26-46(41)63-51)29-16-32-61-59(75)77-37-39-18-4-2-5-19-39/h2-15,18-28,31,34-36,49-50,63H,16-17,29-30,32-33,37-38H2,1H3,(H,61,75)(H,62,76)(H,64,71)(H,65,72)(H,66,73)(H,67,74)(H,69,70)/t49-,50-/m0/s1. The third-order valence-corrected chi connectivity index (χ3v) is 12.7. The molecule has 18 heteroatoms. The van der Waals surface area contributed by atoms with E-state index in [1.54, 1.807) is 72.3 Å². The number of nitrogens with zero attached hydrogens (tertiary/aromatic N) is 1. The molecule has 0 radical (unpaired) electrons. The molecule has 78 heavy (non-hydrogen) atoms. The molecule has 2 aromatic heterocycles. The molecule has 0 aliphatic rings. The number of carboxylic acids is 1. The maximum atomic E-state index is 14.5. The fraction of sp³-hybridized carbons (Fsp3) is 0.183. The minimum atomic E-state index is -1.33. The summed E-state index contributed by atoms with van der Waals surface area (Å²) in [7, 11) is 1.75. The number of carbonyl (C=O) groups is 7. The fourth-order valence-electron chi connectivity index (χ4n) is 8.77. The van der Waals surface area contributed by atoms with Crippen molar-refractivity contribution in [2.45, 2.75) is 51.0 Å². The van der Waals surface area contributed by atoms with Crippen LogP contribution in [0.25, 0.3) is 27.4 Å². The Hall–Kier alpha value is -9.97. The van der Waals surface area contributed by atoms with Crippen molar-refractivity contribution in [2.24, 2.45) is 7.05 Å². The molecule has 0 unspecified atom stereocenters. The number of ether oxygens (including phenoxy) is 2. The van der Waals surface area contributed by atoms with Crippen molar-refractivity contribution in [2.75, 3.05) is 23.7 Å². The Morgan fingerprint density at radius 2 is 1.04 bits per heavy atom. The normalized spacial score (nSPS) is 11.9. The molecule has 8 rings (SSSR count). The molecule has 2 heterocycles. The zero-order chi connectivity index (χ0) is 54.8. The van der Waals surface area contributed by atoms with E-state index in [2.05, 4.69) is 36.9 Å². The van der Waals surface area contributed by atoms with Gasteiger partial charge in [0.15, 0.2) is 0 Å². The van der Waals surface area contributed by atoms with E-state index in [1.165, 1.54) is 0 Å². The summed E-state index contributed by atoms with van der Waals surface area (Å²) in [5.41, 5.74) is 4.63. The number of aliphatic carboxylic acids is 1. The van der Waals surface area contributed by atoms with E-state index in [9.17, 15) is 38.7 Å². The number of nitrogens with one attached hydrogen (secondary N) is 7. The molecule has 0 saturated carbocycles. The van der Waals surface area contributed by atoms with E-state index in [-0.39, 0.29) is 85.8 Å². The third-order valence-electron chi connectivity index (χ3n) is 12.7. The van der Waals surface area contributed by atoms with E-state index < -0.39 is 53.9 Å². The van der Waals surface area contributed by atoms with Crippen LogP contribution in [0.2, 0.25) is 0 Å². The van der Waals surface area contributed by atoms with Crippen molar-refractivity contribution in [3.63, 3.8) is 0 Å². The number of aromatic amines is 1. The summed E-state index contributed by atoms with van der Waals surface area (Å²) in [4.78, 5) is 97.7. The summed E-state index contributed by atoms with van der Waals surface area (Å²) >= 11 is 0. The van der Waals surface area contributed by atoms with Crippen molar-refractivity contribution in [3.8, 4) is 0 Å². The number of fused-ring (bicyclic) bond motifs is 2. The van der Waals surface area contributed by atoms with Crippen LogP contribution in [0.3, 0.4) is 0 Å². The van der Waals surface area contributed by atoms with Crippen LogP contribution in [0.1, 0.15) is 68.9 Å². The van der Waals surface area contributed by atoms with E-state index >= 15 is 0 Å². The second-order valence-corrected chi connectivity index (χ2v) is 18.2. The number of alkyl carbamates (subject to hydrolysis) is 2. The van der Waals surface area contributed by atoms with Gasteiger partial charge in [0.1, 0.15) is 36.7 Å². The van der Waals surface area contributed by atoms with Crippen molar-refractivity contribution in [1.29, 1.82) is 0 Å². The number of anilines is 2. The lowest BCUT2D eigenvalue weighted by molar-refractivity contribution is -0.131. The number of hydrogen-bond donors (Lipinski definition) is 8. The smallest absolute Gasteiger partial charge is 0.407 e. The highest BCUT2D eigenvalue weighted by atomic mass is 16.6. The minimum Gasteiger partial charge on any atom is -0.478 e. The van der Waals surface area contributed by atoms with Gasteiger partial charge in [-0.2, -0.15) is 0 Å². The molecule has 6 amide bonds. The highest BCUT2D eigenvalue weighted by Gasteiger charge is 2.27. The Bertz CT molecular complexity index is 3430. The number of carboxylic acid groups (broad SMARTS) is 1. The minimum absolute atomic E-state index is 0.0626. The summed E-state index contributed by atoms with van der Waals surface area (Å²) in [6.45, 7) is 0.347. The summed E-state index contributed by atoms with van der Waals surface area (Å²) in [6, 6.07) is 47.2. The molecule has 0 fully saturated rings. The number of amides is 6. The SMILES string of the molecule is Cn1c(C(=O)N[C@@H](CCCNC(=O)OCc2ccccc2)C(=O)Nc2ccccc2C(=CC(=O)O)c2ccccc2NC(=O)[C@H](CCCNC(=O)OCc2ccccc2)NC(=O)c2cc3ccccc3[nH]2)cc2ccccc21. The molecular weight excluding hydrogens is 993 g/mol. The number of aromatic nitrogens is 2. The summed E-state index contributed by atoms with van der Waals surface area (Å²) < 4.78 is 12.4. The van der Waals surface area contributed by atoms with E-state index in [1.807, 2.05) is 109 Å². The number of para-hydroxylation sites is 4. The van der Waals surface area contributed by atoms with Gasteiger partial charge in [0.05, 0.1) is 0 Å². The van der Waals surface area contributed by atoms with Crippen LogP contribution in [0, 0.1) is 0 Å². The lowest BCUT2D eigenvalue weighted by Crippen LogP contribution is -2.44. The van der Waals surface area contributed by atoms with Crippen molar-refractivity contribution in [1.82, 2.24) is 30.8 Å². The van der Waals surface area contributed by atoms with Gasteiger partial charge in [0, 0.05) is 76.1 Å². The Morgan fingerprint density at radius 3 is 1.56 bits per heavy atom. The first-order chi connectivity index (χ1) is 37.9. The zero-order valence-electron chi connectivity index (χ0n) is 42.6. The second kappa shape index (κ2) is 26.5. The Kier molecular flexibility index (Phi) is 18.4. The average molecular weight is 1050 g/mol. The molecule has 8 N–H and O–H groups in total. The predicted octanol–water partition coefficient (Wildman–Crippen LogP) is 9.06. The molecule has 0 aliphatic heterocycles. The van der Waals surface area contributed by atoms with Crippen LogP contribution in [-0.2, 0) is 44.1 Å². The van der Waals surface area contributed by atoms with Gasteiger partial charge in [-0.3, -0.25) is 19.2 Å². The Labute approximate surface area is 449 Å². The molecule has 0 aliphatic carbocycles. The van der Waals surface area contributed by atoms with Crippen LogP contribution in [-0.4, -0.2) is 81.6 Å². The molecule has 398 valence electrons. The summed E-state index contributed by atoms with van der Waals surface area (Å²) in [5, 5.41) is 28.9. The lowest BCUT2D eigenvalue weighted by atomic mass is 9.94.